The Labute approximate surface area is 111 Å². The van der Waals surface area contributed by atoms with Gasteiger partial charge in [0.2, 0.25) is 0 Å². The molecule has 5 heteroatoms. The summed E-state index contributed by atoms with van der Waals surface area (Å²) in [4.78, 5) is 2.38. The van der Waals surface area contributed by atoms with Crippen LogP contribution < -0.4 is 5.32 Å². The molecule has 2 aliphatic heterocycles. The molecule has 2 rings (SSSR count). The zero-order valence-electron chi connectivity index (χ0n) is 11.6. The Bertz CT molecular complexity index is 374. The Hall–Kier alpha value is -0.130. The Morgan fingerprint density at radius 2 is 2.17 bits per heavy atom. The molecule has 18 heavy (non-hydrogen) atoms. The second-order valence-corrected chi connectivity index (χ2v) is 8.75. The molecular formula is C13H26N2O2S. The molecule has 0 aromatic carbocycles. The summed E-state index contributed by atoms with van der Waals surface area (Å²) in [6, 6.07) is 0. The van der Waals surface area contributed by atoms with Crippen LogP contribution in [0, 0.1) is 5.41 Å². The van der Waals surface area contributed by atoms with Crippen molar-refractivity contribution in [2.45, 2.75) is 37.9 Å². The number of nitrogens with zero attached hydrogens (tertiary/aromatic N) is 1. The quantitative estimate of drug-likeness (QED) is 0.830. The van der Waals surface area contributed by atoms with Crippen LogP contribution in [0.15, 0.2) is 0 Å². The first-order chi connectivity index (χ1) is 8.39. The van der Waals surface area contributed by atoms with Crippen molar-refractivity contribution in [1.82, 2.24) is 10.2 Å². The van der Waals surface area contributed by atoms with Crippen LogP contribution in [0.4, 0.5) is 0 Å². The topological polar surface area (TPSA) is 49.4 Å². The molecular weight excluding hydrogens is 248 g/mol. The van der Waals surface area contributed by atoms with Crippen molar-refractivity contribution in [1.29, 1.82) is 0 Å². The minimum atomic E-state index is -2.89. The normalized spacial score (nSPS) is 35.6. The van der Waals surface area contributed by atoms with Crippen LogP contribution in [0.5, 0.6) is 0 Å². The number of nitrogens with one attached hydrogen (secondary N) is 1. The summed E-state index contributed by atoms with van der Waals surface area (Å²) >= 11 is 0. The highest BCUT2D eigenvalue weighted by molar-refractivity contribution is 7.91. The lowest BCUT2D eigenvalue weighted by Gasteiger charge is -2.32. The van der Waals surface area contributed by atoms with E-state index in [2.05, 4.69) is 17.1 Å². The van der Waals surface area contributed by atoms with Gasteiger partial charge in [0.05, 0.1) is 5.25 Å². The lowest BCUT2D eigenvalue weighted by atomic mass is 9.89. The van der Waals surface area contributed by atoms with Gasteiger partial charge in [-0.1, -0.05) is 13.3 Å². The van der Waals surface area contributed by atoms with Crippen LogP contribution >= 0.6 is 0 Å². The van der Waals surface area contributed by atoms with Gasteiger partial charge in [-0.15, -0.1) is 0 Å². The van der Waals surface area contributed by atoms with Crippen molar-refractivity contribution in [2.75, 3.05) is 39.0 Å². The Kier molecular flexibility index (Phi) is 4.34. The van der Waals surface area contributed by atoms with E-state index in [4.69, 9.17) is 0 Å². The third-order valence-corrected chi connectivity index (χ3v) is 5.98. The van der Waals surface area contributed by atoms with E-state index in [1.807, 2.05) is 0 Å². The highest BCUT2D eigenvalue weighted by atomic mass is 32.2. The van der Waals surface area contributed by atoms with Gasteiger partial charge in [0.15, 0.2) is 9.84 Å². The van der Waals surface area contributed by atoms with E-state index in [9.17, 15) is 8.42 Å². The molecule has 0 aromatic heterocycles. The zero-order valence-corrected chi connectivity index (χ0v) is 12.4. The predicted octanol–water partition coefficient (Wildman–Crippen LogP) is 0.885. The van der Waals surface area contributed by atoms with Crippen LogP contribution in [0.2, 0.25) is 0 Å². The molecule has 0 aliphatic carbocycles. The van der Waals surface area contributed by atoms with E-state index in [1.54, 1.807) is 0 Å². The van der Waals surface area contributed by atoms with E-state index in [1.165, 1.54) is 12.7 Å². The van der Waals surface area contributed by atoms with Crippen molar-refractivity contribution in [3.63, 3.8) is 0 Å². The summed E-state index contributed by atoms with van der Waals surface area (Å²) in [5, 5.41) is 3.26. The van der Waals surface area contributed by atoms with Gasteiger partial charge in [-0.3, -0.25) is 0 Å². The standard InChI is InChI=1S/C13H26N2O2S/c1-13(6-7-14-10-13)11-15-8-4-3-5-12(9-15)18(2,16)17/h12,14H,3-11H2,1-2H3. The van der Waals surface area contributed by atoms with Gasteiger partial charge in [-0.05, 0) is 37.8 Å². The maximum absolute atomic E-state index is 11.8. The molecule has 0 amide bonds. The minimum Gasteiger partial charge on any atom is -0.316 e. The molecule has 2 aliphatic rings. The van der Waals surface area contributed by atoms with Crippen LogP contribution in [-0.4, -0.2) is 57.5 Å². The molecule has 0 bridgehead atoms. The highest BCUT2D eigenvalue weighted by Gasteiger charge is 2.33. The highest BCUT2D eigenvalue weighted by Crippen LogP contribution is 2.27. The first-order valence-electron chi connectivity index (χ1n) is 7.01. The van der Waals surface area contributed by atoms with Crippen molar-refractivity contribution in [2.24, 2.45) is 5.41 Å². The summed E-state index contributed by atoms with van der Waals surface area (Å²) in [6.07, 6.45) is 5.61. The van der Waals surface area contributed by atoms with E-state index >= 15 is 0 Å². The summed E-state index contributed by atoms with van der Waals surface area (Å²) in [5.74, 6) is 0. The summed E-state index contributed by atoms with van der Waals surface area (Å²) < 4.78 is 23.5. The average molecular weight is 274 g/mol. The van der Waals surface area contributed by atoms with Gasteiger partial charge in [0.1, 0.15) is 0 Å². The lowest BCUT2D eigenvalue weighted by Crippen LogP contribution is -2.42. The number of rotatable bonds is 3. The fourth-order valence-electron chi connectivity index (χ4n) is 3.21. The third-order valence-electron chi connectivity index (χ3n) is 4.38. The first-order valence-corrected chi connectivity index (χ1v) is 8.96. The molecule has 0 saturated carbocycles. The van der Waals surface area contributed by atoms with Gasteiger partial charge in [-0.25, -0.2) is 8.42 Å². The molecule has 106 valence electrons. The average Bonchev–Trinajstić information content (AvgIpc) is 2.54. The SMILES string of the molecule is CC1(CN2CCCCC(S(C)(=O)=O)C2)CCNC1. The minimum absolute atomic E-state index is 0.155. The molecule has 2 atom stereocenters. The Morgan fingerprint density at radius 1 is 1.39 bits per heavy atom. The van der Waals surface area contributed by atoms with E-state index in [0.29, 0.717) is 5.41 Å². The summed E-state index contributed by atoms with van der Waals surface area (Å²) in [5.41, 5.74) is 0.326. The number of sulfone groups is 1. The van der Waals surface area contributed by atoms with E-state index in [-0.39, 0.29) is 5.25 Å². The number of hydrogen-bond acceptors (Lipinski definition) is 4. The van der Waals surface area contributed by atoms with Gasteiger partial charge < -0.3 is 10.2 Å². The third kappa shape index (κ3) is 3.68. The monoisotopic (exact) mass is 274 g/mol. The first kappa shape index (κ1) is 14.3. The van der Waals surface area contributed by atoms with E-state index < -0.39 is 9.84 Å². The van der Waals surface area contributed by atoms with Crippen molar-refractivity contribution in [3.05, 3.63) is 0 Å². The predicted molar refractivity (Wildman–Crippen MR) is 74.5 cm³/mol. The molecule has 2 saturated heterocycles. The Morgan fingerprint density at radius 3 is 2.78 bits per heavy atom. The maximum atomic E-state index is 11.8. The lowest BCUT2D eigenvalue weighted by molar-refractivity contribution is 0.183. The van der Waals surface area contributed by atoms with Gasteiger partial charge in [0, 0.05) is 25.9 Å². The molecule has 2 fully saturated rings. The molecule has 2 heterocycles. The van der Waals surface area contributed by atoms with Crippen molar-refractivity contribution < 1.29 is 8.42 Å². The molecule has 1 N–H and O–H groups in total. The van der Waals surface area contributed by atoms with Gasteiger partial charge in [-0.2, -0.15) is 0 Å². The second-order valence-electron chi connectivity index (χ2n) is 6.42. The van der Waals surface area contributed by atoms with Crippen LogP contribution in [-0.2, 0) is 9.84 Å². The Balaban J connectivity index is 1.99. The molecule has 4 nitrogen and oxygen atoms in total. The van der Waals surface area contributed by atoms with Crippen molar-refractivity contribution in [3.8, 4) is 0 Å². The van der Waals surface area contributed by atoms with E-state index in [0.717, 1.165) is 52.0 Å². The van der Waals surface area contributed by atoms with Crippen LogP contribution in [0.25, 0.3) is 0 Å². The molecule has 0 spiro atoms. The fraction of sp³-hybridized carbons (Fsp3) is 1.00. The summed E-state index contributed by atoms with van der Waals surface area (Å²) in [6.45, 7) is 7.29. The molecule has 0 radical (unpaired) electrons. The number of hydrogen-bond donors (Lipinski definition) is 1. The largest absolute Gasteiger partial charge is 0.316 e. The smallest absolute Gasteiger partial charge is 0.151 e. The van der Waals surface area contributed by atoms with Gasteiger partial charge >= 0.3 is 0 Å². The maximum Gasteiger partial charge on any atom is 0.151 e. The van der Waals surface area contributed by atoms with Crippen molar-refractivity contribution >= 4 is 9.84 Å². The number of likely N-dealkylation sites (tertiary alicyclic amines) is 1. The van der Waals surface area contributed by atoms with Crippen LogP contribution in [0.3, 0.4) is 0 Å². The zero-order chi connectivity index (χ0) is 13.2. The summed E-state index contributed by atoms with van der Waals surface area (Å²) in [7, 11) is -2.89. The van der Waals surface area contributed by atoms with Crippen LogP contribution in [0.1, 0.15) is 32.6 Å². The second kappa shape index (κ2) is 5.47. The van der Waals surface area contributed by atoms with Gasteiger partial charge in [0.25, 0.3) is 0 Å². The molecule has 2 unspecified atom stereocenters. The molecule has 0 aromatic rings. The fourth-order valence-corrected chi connectivity index (χ4v) is 4.29.